The fourth-order valence-electron chi connectivity index (χ4n) is 1.69. The van der Waals surface area contributed by atoms with E-state index in [4.69, 9.17) is 9.15 Å². The minimum Gasteiger partial charge on any atom is -0.465 e. The molecule has 0 aliphatic heterocycles. The summed E-state index contributed by atoms with van der Waals surface area (Å²) in [5.74, 6) is 0.0305. The van der Waals surface area contributed by atoms with E-state index in [0.717, 1.165) is 0 Å². The van der Waals surface area contributed by atoms with Gasteiger partial charge in [0.2, 0.25) is 0 Å². The minimum absolute atomic E-state index is 0.0506. The second kappa shape index (κ2) is 5.76. The number of hydrogen-bond donors (Lipinski definition) is 0. The van der Waals surface area contributed by atoms with Crippen LogP contribution in [0.2, 0.25) is 0 Å². The summed E-state index contributed by atoms with van der Waals surface area (Å²) in [7, 11) is 0. The molecule has 3 heterocycles. The maximum Gasteiger partial charge on any atom is 0.331 e. The Morgan fingerprint density at radius 2 is 2.43 bits per heavy atom. The van der Waals surface area contributed by atoms with Crippen molar-refractivity contribution in [3.05, 3.63) is 63.9 Å². The average Bonchev–Trinajstić information content (AvgIpc) is 3.14. The highest BCUT2D eigenvalue weighted by atomic mass is 32.1. The predicted molar refractivity (Wildman–Crippen MR) is 76.9 cm³/mol. The molecular weight excluding hydrogens is 292 g/mol. The van der Waals surface area contributed by atoms with Crippen molar-refractivity contribution in [2.75, 3.05) is 0 Å². The lowest BCUT2D eigenvalue weighted by molar-refractivity contribution is -0.139. The third-order valence-corrected chi connectivity index (χ3v) is 3.40. The van der Waals surface area contributed by atoms with E-state index in [1.165, 1.54) is 40.2 Å². The molecule has 3 aromatic rings. The number of furan rings is 1. The molecule has 6 nitrogen and oxygen atoms in total. The second-order valence-electron chi connectivity index (χ2n) is 4.10. The van der Waals surface area contributed by atoms with Crippen LogP contribution in [0.4, 0.5) is 0 Å². The Morgan fingerprint density at radius 3 is 3.24 bits per heavy atom. The summed E-state index contributed by atoms with van der Waals surface area (Å²) in [6.45, 7) is -0.0506. The van der Waals surface area contributed by atoms with Crippen molar-refractivity contribution in [2.24, 2.45) is 0 Å². The number of aromatic nitrogens is 2. The fraction of sp³-hybridized carbons (Fsp3) is 0.0714. The number of fused-ring (bicyclic) bond motifs is 1. The molecule has 0 bridgehead atoms. The quantitative estimate of drug-likeness (QED) is 0.545. The Bertz CT molecular complexity index is 845. The van der Waals surface area contributed by atoms with E-state index in [1.54, 1.807) is 23.7 Å². The Labute approximate surface area is 122 Å². The lowest BCUT2D eigenvalue weighted by Crippen LogP contribution is -2.14. The maximum absolute atomic E-state index is 11.7. The van der Waals surface area contributed by atoms with Gasteiger partial charge in [0.25, 0.3) is 5.56 Å². The van der Waals surface area contributed by atoms with Gasteiger partial charge in [0.05, 0.1) is 12.0 Å². The third-order valence-electron chi connectivity index (χ3n) is 2.65. The van der Waals surface area contributed by atoms with Gasteiger partial charge in [-0.05, 0) is 18.2 Å². The van der Waals surface area contributed by atoms with Crippen molar-refractivity contribution in [1.82, 2.24) is 9.38 Å². The van der Waals surface area contributed by atoms with Gasteiger partial charge in [0.15, 0.2) is 4.96 Å². The van der Waals surface area contributed by atoms with E-state index < -0.39 is 5.97 Å². The van der Waals surface area contributed by atoms with Gasteiger partial charge in [-0.25, -0.2) is 9.78 Å². The Morgan fingerprint density at radius 1 is 1.52 bits per heavy atom. The SMILES string of the molecule is O=C(C=Cc1ccco1)OCc1cc(=O)n2ccsc2n1. The normalized spacial score (nSPS) is 11.2. The van der Waals surface area contributed by atoms with Crippen LogP contribution < -0.4 is 5.56 Å². The van der Waals surface area contributed by atoms with Gasteiger partial charge in [-0.2, -0.15) is 0 Å². The van der Waals surface area contributed by atoms with Gasteiger partial charge < -0.3 is 9.15 Å². The summed E-state index contributed by atoms with van der Waals surface area (Å²) in [4.78, 5) is 28.1. The summed E-state index contributed by atoms with van der Waals surface area (Å²) < 4.78 is 11.5. The van der Waals surface area contributed by atoms with E-state index in [2.05, 4.69) is 4.98 Å². The summed E-state index contributed by atoms with van der Waals surface area (Å²) in [6, 6.07) is 4.79. The molecular formula is C14H10N2O4S. The molecule has 0 saturated heterocycles. The van der Waals surface area contributed by atoms with Crippen molar-refractivity contribution in [3.8, 4) is 0 Å². The molecule has 0 fully saturated rings. The molecule has 3 aromatic heterocycles. The van der Waals surface area contributed by atoms with Crippen LogP contribution in [0.1, 0.15) is 11.5 Å². The fourth-order valence-corrected chi connectivity index (χ4v) is 2.43. The molecule has 7 heteroatoms. The topological polar surface area (TPSA) is 73.8 Å². The van der Waals surface area contributed by atoms with Gasteiger partial charge >= 0.3 is 5.97 Å². The van der Waals surface area contributed by atoms with Crippen LogP contribution in [-0.2, 0) is 16.1 Å². The van der Waals surface area contributed by atoms with E-state index >= 15 is 0 Å². The third kappa shape index (κ3) is 3.09. The van der Waals surface area contributed by atoms with Crippen molar-refractivity contribution in [2.45, 2.75) is 6.61 Å². The molecule has 106 valence electrons. The zero-order valence-electron chi connectivity index (χ0n) is 10.8. The highest BCUT2D eigenvalue weighted by molar-refractivity contribution is 7.15. The van der Waals surface area contributed by atoms with Gasteiger partial charge in [-0.1, -0.05) is 0 Å². The molecule has 0 aliphatic carbocycles. The van der Waals surface area contributed by atoms with E-state index in [-0.39, 0.29) is 12.2 Å². The average molecular weight is 302 g/mol. The molecule has 0 aromatic carbocycles. The molecule has 0 saturated carbocycles. The molecule has 3 rings (SSSR count). The first-order valence-electron chi connectivity index (χ1n) is 6.06. The van der Waals surface area contributed by atoms with E-state index in [1.807, 2.05) is 0 Å². The number of ether oxygens (including phenoxy) is 1. The van der Waals surface area contributed by atoms with Crippen LogP contribution in [0.15, 0.2) is 51.3 Å². The number of carbonyl (C=O) groups excluding carboxylic acids is 1. The second-order valence-corrected chi connectivity index (χ2v) is 4.97. The highest BCUT2D eigenvalue weighted by Gasteiger charge is 2.05. The van der Waals surface area contributed by atoms with Gasteiger partial charge in [0.1, 0.15) is 12.4 Å². The van der Waals surface area contributed by atoms with Gasteiger partial charge in [-0.15, -0.1) is 11.3 Å². The maximum atomic E-state index is 11.7. The van der Waals surface area contributed by atoms with Crippen LogP contribution >= 0.6 is 11.3 Å². The molecule has 0 unspecified atom stereocenters. The Hall–Kier alpha value is -2.67. The van der Waals surface area contributed by atoms with Crippen molar-refractivity contribution in [3.63, 3.8) is 0 Å². The summed E-state index contributed by atoms with van der Waals surface area (Å²) in [5.41, 5.74) is 0.223. The first kappa shape index (κ1) is 13.3. The molecule has 0 spiro atoms. The van der Waals surface area contributed by atoms with Gasteiger partial charge in [0, 0.05) is 23.7 Å². The zero-order chi connectivity index (χ0) is 14.7. The summed E-state index contributed by atoms with van der Waals surface area (Å²) >= 11 is 1.34. The zero-order valence-corrected chi connectivity index (χ0v) is 11.6. The van der Waals surface area contributed by atoms with Crippen LogP contribution in [0, 0.1) is 0 Å². The largest absolute Gasteiger partial charge is 0.465 e. The monoisotopic (exact) mass is 302 g/mol. The van der Waals surface area contributed by atoms with E-state index in [0.29, 0.717) is 16.4 Å². The summed E-state index contributed by atoms with van der Waals surface area (Å²) in [6.07, 6.45) is 5.93. The lowest BCUT2D eigenvalue weighted by atomic mass is 10.4. The molecule has 21 heavy (non-hydrogen) atoms. The number of nitrogens with zero attached hydrogens (tertiary/aromatic N) is 2. The molecule has 0 aliphatic rings. The first-order chi connectivity index (χ1) is 10.2. The number of thiazole rings is 1. The molecule has 0 radical (unpaired) electrons. The number of rotatable bonds is 4. The number of esters is 1. The molecule has 0 atom stereocenters. The van der Waals surface area contributed by atoms with Crippen LogP contribution in [0.3, 0.4) is 0 Å². The van der Waals surface area contributed by atoms with Crippen LogP contribution in [-0.4, -0.2) is 15.4 Å². The van der Waals surface area contributed by atoms with E-state index in [9.17, 15) is 9.59 Å². The van der Waals surface area contributed by atoms with Crippen molar-refractivity contribution >= 4 is 28.3 Å². The first-order valence-corrected chi connectivity index (χ1v) is 6.94. The van der Waals surface area contributed by atoms with Crippen LogP contribution in [0.25, 0.3) is 11.0 Å². The number of hydrogen-bond acceptors (Lipinski definition) is 6. The van der Waals surface area contributed by atoms with Crippen molar-refractivity contribution < 1.29 is 13.9 Å². The smallest absolute Gasteiger partial charge is 0.331 e. The lowest BCUT2D eigenvalue weighted by Gasteiger charge is -2.01. The predicted octanol–water partition coefficient (Wildman–Crippen LogP) is 2.11. The van der Waals surface area contributed by atoms with Gasteiger partial charge in [-0.3, -0.25) is 9.20 Å². The van der Waals surface area contributed by atoms with Crippen LogP contribution in [0.5, 0.6) is 0 Å². The Balaban J connectivity index is 1.66. The standard InChI is InChI=1S/C14H10N2O4S/c17-12-8-10(15-14-16(12)5-7-21-14)9-20-13(18)4-3-11-2-1-6-19-11/h1-8H,9H2. The number of carbonyl (C=O) groups is 1. The minimum atomic E-state index is -0.528. The van der Waals surface area contributed by atoms with Crippen molar-refractivity contribution in [1.29, 1.82) is 0 Å². The summed E-state index contributed by atoms with van der Waals surface area (Å²) in [5, 5.41) is 1.77. The Kier molecular flexibility index (Phi) is 3.65. The molecule has 0 amide bonds. The highest BCUT2D eigenvalue weighted by Crippen LogP contribution is 2.07. The molecule has 0 N–H and O–H groups in total.